The topological polar surface area (TPSA) is 89.7 Å². The first-order valence-corrected chi connectivity index (χ1v) is 9.00. The lowest BCUT2D eigenvalue weighted by Crippen LogP contribution is -2.26. The molecule has 0 spiro atoms. The molecular weight excluding hydrogens is 386 g/mol. The lowest BCUT2D eigenvalue weighted by molar-refractivity contribution is -0.0498. The highest BCUT2D eigenvalue weighted by Crippen LogP contribution is 2.19. The number of benzene rings is 1. The van der Waals surface area contributed by atoms with Gasteiger partial charge in [-0.05, 0) is 43.5 Å². The molecule has 0 saturated carbocycles. The second-order valence-electron chi connectivity index (χ2n) is 6.28. The van der Waals surface area contributed by atoms with Crippen LogP contribution < -0.4 is 10.1 Å². The van der Waals surface area contributed by atoms with E-state index in [2.05, 4.69) is 15.0 Å². The molecule has 1 aromatic carbocycles. The first-order valence-electron chi connectivity index (χ1n) is 9.00. The largest absolute Gasteiger partial charge is 0.460 e. The van der Waals surface area contributed by atoms with Crippen molar-refractivity contribution in [3.05, 3.63) is 52.3 Å². The number of carbonyl (C=O) groups is 2. The van der Waals surface area contributed by atoms with Crippen molar-refractivity contribution in [3.63, 3.8) is 0 Å². The Hall–Kier alpha value is -2.94. The molecule has 0 aliphatic rings. The Morgan fingerprint density at radius 1 is 1.14 bits per heavy atom. The number of H-pyrrole nitrogens is 1. The van der Waals surface area contributed by atoms with Gasteiger partial charge in [-0.15, -0.1) is 0 Å². The van der Waals surface area contributed by atoms with Crippen molar-refractivity contribution in [1.29, 1.82) is 0 Å². The van der Waals surface area contributed by atoms with Crippen LogP contribution in [0, 0.1) is 13.8 Å². The molecule has 7 nitrogen and oxygen atoms in total. The fraction of sp³-hybridized carbons (Fsp3) is 0.400. The minimum absolute atomic E-state index is 0.0789. The molecule has 0 bridgehead atoms. The fourth-order valence-corrected chi connectivity index (χ4v) is 2.82. The van der Waals surface area contributed by atoms with Crippen LogP contribution in [0.25, 0.3) is 0 Å². The highest BCUT2D eigenvalue weighted by Gasteiger charge is 2.22. The molecule has 1 heterocycles. The molecule has 158 valence electrons. The molecule has 2 aromatic rings. The molecule has 1 amide bonds. The molecule has 0 radical (unpaired) electrons. The Labute approximate surface area is 167 Å². The molecule has 29 heavy (non-hydrogen) atoms. The molecule has 0 aliphatic carbocycles. The first kappa shape index (κ1) is 22.4. The molecule has 1 aromatic heterocycles. The summed E-state index contributed by atoms with van der Waals surface area (Å²) in [6.07, 6.45) is 0.505. The highest BCUT2D eigenvalue weighted by atomic mass is 19.3. The average molecular weight is 410 g/mol. The quantitative estimate of drug-likeness (QED) is 0.464. The SMILES string of the molecule is COCCOC(=O)c1c(C)[nH]c(C(=O)NCCc2ccc(OC(F)F)cc2)c1C. The Kier molecular flexibility index (Phi) is 8.14. The molecule has 9 heteroatoms. The normalized spacial score (nSPS) is 10.8. The third kappa shape index (κ3) is 6.28. The number of carbonyl (C=O) groups excluding carboxylic acids is 2. The van der Waals surface area contributed by atoms with Crippen LogP contribution in [0.4, 0.5) is 8.78 Å². The van der Waals surface area contributed by atoms with Crippen molar-refractivity contribution in [2.75, 3.05) is 26.9 Å². The molecule has 2 rings (SSSR count). The Morgan fingerprint density at radius 3 is 2.45 bits per heavy atom. The van der Waals surface area contributed by atoms with Gasteiger partial charge in [-0.2, -0.15) is 8.78 Å². The number of methoxy groups -OCH3 is 1. The number of hydrogen-bond acceptors (Lipinski definition) is 5. The summed E-state index contributed by atoms with van der Waals surface area (Å²) in [5.74, 6) is -0.784. The zero-order valence-corrected chi connectivity index (χ0v) is 16.5. The van der Waals surface area contributed by atoms with Gasteiger partial charge in [0.15, 0.2) is 0 Å². The van der Waals surface area contributed by atoms with Crippen molar-refractivity contribution in [2.24, 2.45) is 0 Å². The van der Waals surface area contributed by atoms with E-state index in [1.54, 1.807) is 26.0 Å². The predicted molar refractivity (Wildman–Crippen MR) is 102 cm³/mol. The van der Waals surface area contributed by atoms with E-state index in [0.29, 0.717) is 35.5 Å². The summed E-state index contributed by atoms with van der Waals surface area (Å²) in [6, 6.07) is 6.20. The van der Waals surface area contributed by atoms with Gasteiger partial charge >= 0.3 is 12.6 Å². The van der Waals surface area contributed by atoms with Crippen LogP contribution in [-0.4, -0.2) is 50.3 Å². The molecule has 0 saturated heterocycles. The van der Waals surface area contributed by atoms with Gasteiger partial charge < -0.3 is 24.5 Å². The third-order valence-electron chi connectivity index (χ3n) is 4.24. The maximum Gasteiger partial charge on any atom is 0.387 e. The van der Waals surface area contributed by atoms with E-state index in [1.807, 2.05) is 0 Å². The van der Waals surface area contributed by atoms with E-state index in [4.69, 9.17) is 9.47 Å². The smallest absolute Gasteiger partial charge is 0.387 e. The summed E-state index contributed by atoms with van der Waals surface area (Å²) in [5.41, 5.74) is 2.54. The zero-order chi connectivity index (χ0) is 21.4. The number of aromatic nitrogens is 1. The standard InChI is InChI=1S/C20H24F2N2O5/c1-12-16(19(26)28-11-10-27-3)13(2)24-17(12)18(25)23-9-8-14-4-6-15(7-5-14)29-20(21)22/h4-7,20,24H,8-11H2,1-3H3,(H,23,25). The van der Waals surface area contributed by atoms with Crippen molar-refractivity contribution in [3.8, 4) is 5.75 Å². The number of hydrogen-bond donors (Lipinski definition) is 2. The lowest BCUT2D eigenvalue weighted by atomic mass is 10.1. The zero-order valence-electron chi connectivity index (χ0n) is 16.5. The van der Waals surface area contributed by atoms with Gasteiger partial charge in [0.25, 0.3) is 5.91 Å². The maximum atomic E-state index is 12.5. The summed E-state index contributed by atoms with van der Waals surface area (Å²) >= 11 is 0. The number of esters is 1. The molecule has 0 aliphatic heterocycles. The number of nitrogens with one attached hydrogen (secondary N) is 2. The van der Waals surface area contributed by atoms with Crippen LogP contribution in [0.5, 0.6) is 5.75 Å². The highest BCUT2D eigenvalue weighted by molar-refractivity contribution is 6.00. The lowest BCUT2D eigenvalue weighted by Gasteiger charge is -2.07. The Balaban J connectivity index is 1.92. The molecule has 0 unspecified atom stereocenters. The number of halogens is 2. The van der Waals surface area contributed by atoms with Crippen LogP contribution in [0.3, 0.4) is 0 Å². The number of alkyl halides is 2. The molecule has 0 fully saturated rings. The second-order valence-corrected chi connectivity index (χ2v) is 6.28. The fourth-order valence-electron chi connectivity index (χ4n) is 2.82. The number of ether oxygens (including phenoxy) is 3. The minimum Gasteiger partial charge on any atom is -0.460 e. The molecule has 2 N–H and O–H groups in total. The van der Waals surface area contributed by atoms with Gasteiger partial charge in [0.05, 0.1) is 12.2 Å². The molecule has 0 atom stereocenters. The Morgan fingerprint density at radius 2 is 1.83 bits per heavy atom. The van der Waals surface area contributed by atoms with Crippen molar-refractivity contribution in [2.45, 2.75) is 26.9 Å². The van der Waals surface area contributed by atoms with Crippen LogP contribution >= 0.6 is 0 Å². The number of aromatic amines is 1. The van der Waals surface area contributed by atoms with Crippen LogP contribution in [0.2, 0.25) is 0 Å². The first-order chi connectivity index (χ1) is 13.8. The summed E-state index contributed by atoms with van der Waals surface area (Å²) in [7, 11) is 1.51. The van der Waals surface area contributed by atoms with E-state index >= 15 is 0 Å². The third-order valence-corrected chi connectivity index (χ3v) is 4.24. The summed E-state index contributed by atoms with van der Waals surface area (Å²) < 4.78 is 38.6. The van der Waals surface area contributed by atoms with Crippen molar-refractivity contribution >= 4 is 11.9 Å². The predicted octanol–water partition coefficient (Wildman–Crippen LogP) is 3.01. The van der Waals surface area contributed by atoms with Crippen LogP contribution in [0.1, 0.15) is 37.7 Å². The van der Waals surface area contributed by atoms with E-state index in [-0.39, 0.29) is 24.9 Å². The number of aryl methyl sites for hydroxylation is 1. The van der Waals surface area contributed by atoms with Gasteiger partial charge in [-0.3, -0.25) is 4.79 Å². The summed E-state index contributed by atoms with van der Waals surface area (Å²) in [5, 5.41) is 2.77. The van der Waals surface area contributed by atoms with Crippen molar-refractivity contribution in [1.82, 2.24) is 10.3 Å². The van der Waals surface area contributed by atoms with Crippen LogP contribution in [0.15, 0.2) is 24.3 Å². The van der Waals surface area contributed by atoms with Gasteiger partial charge in [0.1, 0.15) is 18.1 Å². The van der Waals surface area contributed by atoms with Gasteiger partial charge in [0.2, 0.25) is 0 Å². The van der Waals surface area contributed by atoms with E-state index in [0.717, 1.165) is 5.56 Å². The minimum atomic E-state index is -2.87. The molecular formula is C20H24F2N2O5. The van der Waals surface area contributed by atoms with Gasteiger partial charge in [-0.25, -0.2) is 4.79 Å². The van der Waals surface area contributed by atoms with Gasteiger partial charge in [0, 0.05) is 19.3 Å². The monoisotopic (exact) mass is 410 g/mol. The number of amides is 1. The van der Waals surface area contributed by atoms with E-state index in [1.165, 1.54) is 19.2 Å². The maximum absolute atomic E-state index is 12.5. The second kappa shape index (κ2) is 10.6. The van der Waals surface area contributed by atoms with Gasteiger partial charge in [-0.1, -0.05) is 12.1 Å². The Bertz CT molecular complexity index is 834. The average Bonchev–Trinajstić information content (AvgIpc) is 2.97. The number of rotatable bonds is 10. The van der Waals surface area contributed by atoms with Crippen LogP contribution in [-0.2, 0) is 15.9 Å². The summed E-state index contributed by atoms with van der Waals surface area (Å²) in [4.78, 5) is 27.6. The van der Waals surface area contributed by atoms with Crippen molar-refractivity contribution < 1.29 is 32.6 Å². The van der Waals surface area contributed by atoms with E-state index < -0.39 is 12.6 Å². The summed E-state index contributed by atoms with van der Waals surface area (Å²) in [6.45, 7) is 1.25. The van der Waals surface area contributed by atoms with E-state index in [9.17, 15) is 18.4 Å².